The summed E-state index contributed by atoms with van der Waals surface area (Å²) in [5.74, 6) is 0. The Balaban J connectivity index is 3.51. The third-order valence-electron chi connectivity index (χ3n) is 0.173. The summed E-state index contributed by atoms with van der Waals surface area (Å²) in [5.41, 5.74) is 0. The molecule has 0 radical (unpaired) electrons. The molecule has 4 heteroatoms. The predicted molar refractivity (Wildman–Crippen MR) is 24.0 cm³/mol. The van der Waals surface area contributed by atoms with E-state index in [0.29, 0.717) is 0 Å². The predicted octanol–water partition coefficient (Wildman–Crippen LogP) is 0.372. The van der Waals surface area contributed by atoms with Crippen molar-refractivity contribution < 1.29 is 4.55 Å². The minimum atomic E-state index is -1.05. The van der Waals surface area contributed by atoms with Crippen LogP contribution >= 0.6 is 0 Å². The highest BCUT2D eigenvalue weighted by Gasteiger charge is 1.66. The zero-order valence-corrected chi connectivity index (χ0v) is 4.07. The summed E-state index contributed by atoms with van der Waals surface area (Å²) < 4.78 is 11.2. The first-order valence-corrected chi connectivity index (χ1v) is 2.77. The van der Waals surface area contributed by atoms with E-state index in [1.165, 1.54) is 12.4 Å². The average molecular weight is 104 g/mol. The van der Waals surface area contributed by atoms with Gasteiger partial charge < -0.3 is 4.55 Å². The zero-order valence-electron chi connectivity index (χ0n) is 3.25. The summed E-state index contributed by atoms with van der Waals surface area (Å²) in [6.45, 7) is 0. The van der Waals surface area contributed by atoms with Crippen molar-refractivity contribution in [1.82, 2.24) is 0 Å². The maximum atomic E-state index is 8.19. The van der Waals surface area contributed by atoms with Gasteiger partial charge in [0.25, 0.3) is 0 Å². The van der Waals surface area contributed by atoms with Crippen molar-refractivity contribution in [3.8, 4) is 6.19 Å². The minimum absolute atomic E-state index is 1.05. The van der Waals surface area contributed by atoms with Gasteiger partial charge in [-0.25, -0.2) is 0 Å². The smallest absolute Gasteiger partial charge is 0.214 e. The molecule has 1 unspecified atom stereocenters. The van der Waals surface area contributed by atoms with Crippen LogP contribution in [0.25, 0.3) is 0 Å². The second-order valence-corrected chi connectivity index (χ2v) is 1.71. The van der Waals surface area contributed by atoms with Gasteiger partial charge in [0.15, 0.2) is 0 Å². The quantitative estimate of drug-likeness (QED) is 0.451. The van der Waals surface area contributed by atoms with Crippen LogP contribution < -0.4 is 0 Å². The molecular formula is C2H4N2OS. The Morgan fingerprint density at radius 3 is 2.50 bits per heavy atom. The van der Waals surface area contributed by atoms with Crippen molar-refractivity contribution in [2.24, 2.45) is 4.36 Å². The van der Waals surface area contributed by atoms with Gasteiger partial charge in [-0.1, -0.05) is 0 Å². The lowest BCUT2D eigenvalue weighted by Crippen LogP contribution is -1.74. The summed E-state index contributed by atoms with van der Waals surface area (Å²) in [6, 6.07) is 0. The molecule has 0 saturated carbocycles. The van der Waals surface area contributed by atoms with Crippen LogP contribution in [0.4, 0.5) is 0 Å². The van der Waals surface area contributed by atoms with Crippen LogP contribution in [0.2, 0.25) is 0 Å². The van der Waals surface area contributed by atoms with E-state index in [1.54, 1.807) is 0 Å². The van der Waals surface area contributed by atoms with Crippen molar-refractivity contribution >= 4 is 11.0 Å². The largest absolute Gasteiger partial charge is 0.321 e. The molecule has 34 valence electrons. The molecule has 0 bridgehead atoms. The van der Waals surface area contributed by atoms with Crippen molar-refractivity contribution in [3.63, 3.8) is 0 Å². The molecule has 0 aliphatic carbocycles. The molecule has 0 amide bonds. The molecule has 0 saturated heterocycles. The molecular weight excluding hydrogens is 100 g/mol. The van der Waals surface area contributed by atoms with Crippen LogP contribution in [-0.2, 0) is 11.0 Å². The topological polar surface area (TPSA) is 56.4 Å². The number of hydrogen-bond acceptors (Lipinski definition) is 2. The van der Waals surface area contributed by atoms with Crippen LogP contribution in [0.3, 0.4) is 0 Å². The van der Waals surface area contributed by atoms with Gasteiger partial charge in [0.2, 0.25) is 6.19 Å². The fourth-order valence-corrected chi connectivity index (χ4v) is 0.177. The Bertz CT molecular complexity index is 98.6. The van der Waals surface area contributed by atoms with Crippen LogP contribution in [0.15, 0.2) is 4.36 Å². The van der Waals surface area contributed by atoms with E-state index in [9.17, 15) is 0 Å². The lowest BCUT2D eigenvalue weighted by atomic mass is 11.5. The van der Waals surface area contributed by atoms with Gasteiger partial charge in [-0.05, 0) is 0 Å². The average Bonchev–Trinajstić information content (AvgIpc) is 1.35. The number of nitrogens with zero attached hydrogens (tertiary/aromatic N) is 2. The summed E-state index contributed by atoms with van der Waals surface area (Å²) in [4.78, 5) is 0. The standard InChI is InChI=1S/C2H4N2OS/c1-6(5)4-2-3/h1H3,(H,4,5). The van der Waals surface area contributed by atoms with Gasteiger partial charge in [0.05, 0.1) is 0 Å². The molecule has 0 aromatic carbocycles. The third-order valence-corrected chi connectivity index (χ3v) is 0.519. The van der Waals surface area contributed by atoms with Gasteiger partial charge >= 0.3 is 0 Å². The Labute approximate surface area is 38.5 Å². The van der Waals surface area contributed by atoms with E-state index in [2.05, 4.69) is 4.36 Å². The van der Waals surface area contributed by atoms with Crippen LogP contribution in [0.1, 0.15) is 0 Å². The first-order chi connectivity index (χ1) is 2.77. The van der Waals surface area contributed by atoms with E-state index in [0.717, 1.165) is 0 Å². The summed E-state index contributed by atoms with van der Waals surface area (Å²) >= 11 is 0. The van der Waals surface area contributed by atoms with E-state index in [-0.39, 0.29) is 0 Å². The van der Waals surface area contributed by atoms with E-state index < -0.39 is 11.0 Å². The molecule has 0 aliphatic heterocycles. The van der Waals surface area contributed by atoms with Crippen LogP contribution in [0.5, 0.6) is 0 Å². The first kappa shape index (κ1) is 5.60. The Kier molecular flexibility index (Phi) is 2.63. The maximum absolute atomic E-state index is 8.19. The molecule has 0 spiro atoms. The lowest BCUT2D eigenvalue weighted by Gasteiger charge is -1.73. The Hall–Kier alpha value is -0.400. The van der Waals surface area contributed by atoms with E-state index >= 15 is 0 Å². The van der Waals surface area contributed by atoms with Gasteiger partial charge in [-0.2, -0.15) is 5.26 Å². The Morgan fingerprint density at radius 2 is 2.50 bits per heavy atom. The fraction of sp³-hybridized carbons (Fsp3) is 0.500. The minimum Gasteiger partial charge on any atom is -0.321 e. The molecule has 3 nitrogen and oxygen atoms in total. The Morgan fingerprint density at radius 1 is 2.00 bits per heavy atom. The highest BCUT2D eigenvalue weighted by molar-refractivity contribution is 7.80. The highest BCUT2D eigenvalue weighted by atomic mass is 32.2. The van der Waals surface area contributed by atoms with Crippen molar-refractivity contribution in [2.75, 3.05) is 6.26 Å². The van der Waals surface area contributed by atoms with Gasteiger partial charge in [-0.15, -0.1) is 4.36 Å². The molecule has 0 rings (SSSR count). The summed E-state index contributed by atoms with van der Waals surface area (Å²) in [6.07, 6.45) is 2.90. The lowest BCUT2D eigenvalue weighted by molar-refractivity contribution is 0.654. The molecule has 0 aromatic rings. The number of hydrogen-bond donors (Lipinski definition) is 1. The molecule has 0 fully saturated rings. The van der Waals surface area contributed by atoms with Gasteiger partial charge in [-0.3, -0.25) is 0 Å². The third kappa shape index (κ3) is 3.60. The van der Waals surface area contributed by atoms with Crippen molar-refractivity contribution in [3.05, 3.63) is 0 Å². The fourth-order valence-electron chi connectivity index (χ4n) is 0.0591. The summed E-state index contributed by atoms with van der Waals surface area (Å²) in [7, 11) is -1.05. The molecule has 0 aromatic heterocycles. The number of nitriles is 1. The molecule has 1 N–H and O–H groups in total. The van der Waals surface area contributed by atoms with E-state index in [4.69, 9.17) is 9.81 Å². The normalized spacial score (nSPS) is 13.5. The number of rotatable bonds is 0. The zero-order chi connectivity index (χ0) is 4.99. The van der Waals surface area contributed by atoms with Gasteiger partial charge in [0, 0.05) is 17.2 Å². The maximum Gasteiger partial charge on any atom is 0.214 e. The van der Waals surface area contributed by atoms with Crippen LogP contribution in [-0.4, -0.2) is 10.8 Å². The molecule has 6 heavy (non-hydrogen) atoms. The monoisotopic (exact) mass is 104 g/mol. The highest BCUT2D eigenvalue weighted by Crippen LogP contribution is 1.67. The summed E-state index contributed by atoms with van der Waals surface area (Å²) in [5, 5.41) is 7.67. The SMILES string of the molecule is C/S(O)=N/C#N. The molecule has 0 aliphatic rings. The van der Waals surface area contributed by atoms with Crippen LogP contribution in [0, 0.1) is 11.5 Å². The first-order valence-electron chi connectivity index (χ1n) is 1.22. The molecule has 0 heterocycles. The second-order valence-electron chi connectivity index (χ2n) is 0.638. The molecule has 1 atom stereocenters. The van der Waals surface area contributed by atoms with Crippen molar-refractivity contribution in [1.29, 1.82) is 5.26 Å². The second kappa shape index (κ2) is 2.82. The van der Waals surface area contributed by atoms with Gasteiger partial charge in [0.1, 0.15) is 0 Å². The van der Waals surface area contributed by atoms with Crippen molar-refractivity contribution in [2.45, 2.75) is 0 Å². The van der Waals surface area contributed by atoms with E-state index in [1.807, 2.05) is 0 Å².